The van der Waals surface area contributed by atoms with E-state index in [0.717, 1.165) is 11.3 Å². The summed E-state index contributed by atoms with van der Waals surface area (Å²) in [4.78, 5) is 20.4. The SMILES string of the molecule is Cc1ccc(-n2nc(C(=O)Nc3cccnc3)nc2C)cc1. The third-order valence-corrected chi connectivity index (χ3v) is 3.17. The minimum absolute atomic E-state index is 0.127. The van der Waals surface area contributed by atoms with Gasteiger partial charge in [-0.2, -0.15) is 0 Å². The van der Waals surface area contributed by atoms with Crippen molar-refractivity contribution in [2.75, 3.05) is 5.32 Å². The molecule has 0 bridgehead atoms. The highest BCUT2D eigenvalue weighted by molar-refractivity contribution is 6.01. The van der Waals surface area contributed by atoms with Gasteiger partial charge in [0.1, 0.15) is 5.82 Å². The van der Waals surface area contributed by atoms with Crippen LogP contribution in [0.15, 0.2) is 48.8 Å². The van der Waals surface area contributed by atoms with E-state index in [9.17, 15) is 4.79 Å². The van der Waals surface area contributed by atoms with E-state index in [0.29, 0.717) is 11.5 Å². The van der Waals surface area contributed by atoms with Crippen molar-refractivity contribution in [3.8, 4) is 5.69 Å². The third kappa shape index (κ3) is 2.85. The Morgan fingerprint density at radius 2 is 1.91 bits per heavy atom. The molecule has 1 amide bonds. The van der Waals surface area contributed by atoms with E-state index in [2.05, 4.69) is 20.4 Å². The predicted octanol–water partition coefficient (Wildman–Crippen LogP) is 2.53. The molecule has 0 unspecified atom stereocenters. The summed E-state index contributed by atoms with van der Waals surface area (Å²) in [5.41, 5.74) is 2.64. The highest BCUT2D eigenvalue weighted by atomic mass is 16.2. The highest BCUT2D eigenvalue weighted by Gasteiger charge is 2.15. The summed E-state index contributed by atoms with van der Waals surface area (Å²) in [6.45, 7) is 3.83. The zero-order valence-electron chi connectivity index (χ0n) is 12.3. The van der Waals surface area contributed by atoms with Crippen LogP contribution in [0, 0.1) is 13.8 Å². The summed E-state index contributed by atoms with van der Waals surface area (Å²) >= 11 is 0. The number of rotatable bonds is 3. The predicted molar refractivity (Wildman–Crippen MR) is 83.0 cm³/mol. The number of hydrogen-bond acceptors (Lipinski definition) is 4. The second-order valence-electron chi connectivity index (χ2n) is 4.93. The van der Waals surface area contributed by atoms with Crippen LogP contribution in [0.1, 0.15) is 22.0 Å². The smallest absolute Gasteiger partial charge is 0.295 e. The maximum atomic E-state index is 12.2. The molecule has 0 saturated carbocycles. The Labute approximate surface area is 127 Å². The molecule has 0 aliphatic carbocycles. The summed E-state index contributed by atoms with van der Waals surface area (Å²) < 4.78 is 1.65. The van der Waals surface area contributed by atoms with Gasteiger partial charge in [0.05, 0.1) is 17.6 Å². The van der Waals surface area contributed by atoms with Crippen LogP contribution in [0.4, 0.5) is 5.69 Å². The molecule has 1 N–H and O–H groups in total. The average Bonchev–Trinajstić information content (AvgIpc) is 2.91. The summed E-state index contributed by atoms with van der Waals surface area (Å²) in [7, 11) is 0. The van der Waals surface area contributed by atoms with Crippen molar-refractivity contribution in [1.82, 2.24) is 19.7 Å². The van der Waals surface area contributed by atoms with Gasteiger partial charge in [-0.25, -0.2) is 9.67 Å². The number of benzene rings is 1. The third-order valence-electron chi connectivity index (χ3n) is 3.17. The molecule has 2 heterocycles. The summed E-state index contributed by atoms with van der Waals surface area (Å²) in [5.74, 6) is 0.420. The first kappa shape index (κ1) is 13.9. The molecule has 110 valence electrons. The first-order valence-electron chi connectivity index (χ1n) is 6.85. The largest absolute Gasteiger partial charge is 0.318 e. The molecule has 0 fully saturated rings. The Hall–Kier alpha value is -3.02. The van der Waals surface area contributed by atoms with Crippen molar-refractivity contribution in [3.05, 3.63) is 66.0 Å². The van der Waals surface area contributed by atoms with Crippen molar-refractivity contribution < 1.29 is 4.79 Å². The van der Waals surface area contributed by atoms with Gasteiger partial charge < -0.3 is 5.32 Å². The van der Waals surface area contributed by atoms with Gasteiger partial charge in [0, 0.05) is 6.20 Å². The van der Waals surface area contributed by atoms with Crippen molar-refractivity contribution in [2.45, 2.75) is 13.8 Å². The lowest BCUT2D eigenvalue weighted by Crippen LogP contribution is -2.14. The second-order valence-corrected chi connectivity index (χ2v) is 4.93. The number of nitrogens with one attached hydrogen (secondary N) is 1. The first-order chi connectivity index (χ1) is 10.6. The van der Waals surface area contributed by atoms with Crippen molar-refractivity contribution in [1.29, 1.82) is 0 Å². The average molecular weight is 293 g/mol. The highest BCUT2D eigenvalue weighted by Crippen LogP contribution is 2.12. The molecule has 0 atom stereocenters. The Bertz CT molecular complexity index is 793. The fourth-order valence-electron chi connectivity index (χ4n) is 2.04. The second kappa shape index (κ2) is 5.77. The standard InChI is InChI=1S/C16H15N5O/c1-11-5-7-14(8-6-11)21-12(2)18-15(20-21)16(22)19-13-4-3-9-17-10-13/h3-10H,1-2H3,(H,19,22). The van der Waals surface area contributed by atoms with E-state index in [1.54, 1.807) is 29.2 Å². The maximum Gasteiger partial charge on any atom is 0.295 e. The normalized spacial score (nSPS) is 10.5. The Kier molecular flexibility index (Phi) is 3.65. The number of nitrogens with zero attached hydrogens (tertiary/aromatic N) is 4. The maximum absolute atomic E-state index is 12.2. The minimum Gasteiger partial charge on any atom is -0.318 e. The number of aromatic nitrogens is 4. The van der Waals surface area contributed by atoms with Gasteiger partial charge in [-0.3, -0.25) is 9.78 Å². The number of hydrogen-bond donors (Lipinski definition) is 1. The van der Waals surface area contributed by atoms with Gasteiger partial charge in [-0.15, -0.1) is 5.10 Å². The fourth-order valence-corrected chi connectivity index (χ4v) is 2.04. The molecule has 6 heteroatoms. The number of pyridine rings is 1. The molecular formula is C16H15N5O. The topological polar surface area (TPSA) is 72.7 Å². The zero-order chi connectivity index (χ0) is 15.5. The fraction of sp³-hybridized carbons (Fsp3) is 0.125. The van der Waals surface area contributed by atoms with Crippen LogP contribution < -0.4 is 5.32 Å². The minimum atomic E-state index is -0.359. The van der Waals surface area contributed by atoms with E-state index in [1.165, 1.54) is 0 Å². The van der Waals surface area contributed by atoms with Crippen LogP contribution in [0.2, 0.25) is 0 Å². The van der Waals surface area contributed by atoms with Gasteiger partial charge in [-0.05, 0) is 38.1 Å². The van der Waals surface area contributed by atoms with E-state index >= 15 is 0 Å². The number of aryl methyl sites for hydroxylation is 2. The van der Waals surface area contributed by atoms with Crippen LogP contribution in [-0.2, 0) is 0 Å². The molecule has 2 aromatic heterocycles. The molecule has 3 rings (SSSR count). The van der Waals surface area contributed by atoms with E-state index in [1.807, 2.05) is 38.1 Å². The zero-order valence-corrected chi connectivity index (χ0v) is 12.3. The molecule has 0 saturated heterocycles. The molecule has 0 aliphatic rings. The van der Waals surface area contributed by atoms with E-state index in [-0.39, 0.29) is 11.7 Å². The van der Waals surface area contributed by atoms with Crippen molar-refractivity contribution in [3.63, 3.8) is 0 Å². The van der Waals surface area contributed by atoms with Gasteiger partial charge in [0.15, 0.2) is 0 Å². The molecular weight excluding hydrogens is 278 g/mol. The van der Waals surface area contributed by atoms with Crippen molar-refractivity contribution >= 4 is 11.6 Å². The molecule has 3 aromatic rings. The summed E-state index contributed by atoms with van der Waals surface area (Å²) in [6, 6.07) is 11.4. The molecule has 22 heavy (non-hydrogen) atoms. The molecule has 0 radical (unpaired) electrons. The summed E-state index contributed by atoms with van der Waals surface area (Å²) in [6.07, 6.45) is 3.21. The molecule has 1 aromatic carbocycles. The first-order valence-corrected chi connectivity index (χ1v) is 6.85. The number of amides is 1. The van der Waals surface area contributed by atoms with Gasteiger partial charge >= 0.3 is 0 Å². The van der Waals surface area contributed by atoms with Crippen LogP contribution in [0.5, 0.6) is 0 Å². The van der Waals surface area contributed by atoms with Crippen molar-refractivity contribution in [2.24, 2.45) is 0 Å². The van der Waals surface area contributed by atoms with E-state index in [4.69, 9.17) is 0 Å². The van der Waals surface area contributed by atoms with Crippen LogP contribution in [0.25, 0.3) is 5.69 Å². The molecule has 0 spiro atoms. The lowest BCUT2D eigenvalue weighted by molar-refractivity contribution is 0.101. The lowest BCUT2D eigenvalue weighted by Gasteiger charge is -2.03. The van der Waals surface area contributed by atoms with Gasteiger partial charge in [-0.1, -0.05) is 17.7 Å². The quantitative estimate of drug-likeness (QED) is 0.805. The number of anilines is 1. The lowest BCUT2D eigenvalue weighted by atomic mass is 10.2. The van der Waals surface area contributed by atoms with Gasteiger partial charge in [0.25, 0.3) is 5.91 Å². The summed E-state index contributed by atoms with van der Waals surface area (Å²) in [5, 5.41) is 7.00. The monoisotopic (exact) mass is 293 g/mol. The van der Waals surface area contributed by atoms with Crippen LogP contribution in [0.3, 0.4) is 0 Å². The van der Waals surface area contributed by atoms with Crippen LogP contribution >= 0.6 is 0 Å². The molecule has 0 aliphatic heterocycles. The Morgan fingerprint density at radius 1 is 1.14 bits per heavy atom. The number of carbonyl (C=O) groups excluding carboxylic acids is 1. The Morgan fingerprint density at radius 3 is 2.59 bits per heavy atom. The van der Waals surface area contributed by atoms with Crippen LogP contribution in [-0.4, -0.2) is 25.7 Å². The number of carbonyl (C=O) groups is 1. The van der Waals surface area contributed by atoms with Gasteiger partial charge in [0.2, 0.25) is 5.82 Å². The Balaban J connectivity index is 1.85. The van der Waals surface area contributed by atoms with E-state index < -0.39 is 0 Å². The molecule has 6 nitrogen and oxygen atoms in total.